The van der Waals surface area contributed by atoms with Crippen molar-refractivity contribution in [1.82, 2.24) is 0 Å². The molecule has 0 saturated heterocycles. The third-order valence-corrected chi connectivity index (χ3v) is 4.03. The summed E-state index contributed by atoms with van der Waals surface area (Å²) in [6.07, 6.45) is 5.19. The van der Waals surface area contributed by atoms with E-state index >= 15 is 0 Å². The fraction of sp³-hybridized carbons (Fsp3) is 0.625. The van der Waals surface area contributed by atoms with E-state index in [0.717, 1.165) is 24.3 Å². The summed E-state index contributed by atoms with van der Waals surface area (Å²) in [5, 5.41) is 0. The van der Waals surface area contributed by atoms with Crippen molar-refractivity contribution in [3.05, 3.63) is 29.3 Å². The number of ether oxygens (including phenoxy) is 2. The summed E-state index contributed by atoms with van der Waals surface area (Å²) in [6.45, 7) is 3.44. The van der Waals surface area contributed by atoms with E-state index < -0.39 is 0 Å². The van der Waals surface area contributed by atoms with Crippen molar-refractivity contribution in [1.29, 1.82) is 0 Å². The highest BCUT2D eigenvalue weighted by atomic mass is 16.5. The molecular weight excluding hydrogens is 238 g/mol. The number of nitrogens with two attached hydrogens (primary N) is 1. The maximum atomic E-state index is 6.11. The number of hydrogen-bond donors (Lipinski definition) is 1. The molecule has 3 nitrogen and oxygen atoms in total. The Bertz CT molecular complexity index is 406. The van der Waals surface area contributed by atoms with Gasteiger partial charge in [-0.3, -0.25) is 0 Å². The average molecular weight is 263 g/mol. The second-order valence-corrected chi connectivity index (χ2v) is 5.44. The summed E-state index contributed by atoms with van der Waals surface area (Å²) in [4.78, 5) is 0. The molecule has 106 valence electrons. The summed E-state index contributed by atoms with van der Waals surface area (Å²) in [5.41, 5.74) is 8.20. The van der Waals surface area contributed by atoms with Gasteiger partial charge in [0.05, 0.1) is 19.8 Å². The van der Waals surface area contributed by atoms with Crippen molar-refractivity contribution in [2.75, 3.05) is 13.7 Å². The standard InChI is InChI=1S/C16H25NO2/c1-12-7-8-15(18-2)14(9-12)11-19-16-6-4-3-5-13(16)10-17/h7-9,13,16H,3-6,10-11,17H2,1-2H3. The summed E-state index contributed by atoms with van der Waals surface area (Å²) < 4.78 is 11.5. The summed E-state index contributed by atoms with van der Waals surface area (Å²) in [5.74, 6) is 1.43. The minimum absolute atomic E-state index is 0.309. The number of rotatable bonds is 5. The van der Waals surface area contributed by atoms with E-state index in [9.17, 15) is 0 Å². The lowest BCUT2D eigenvalue weighted by Gasteiger charge is -2.30. The van der Waals surface area contributed by atoms with Crippen LogP contribution in [0.15, 0.2) is 18.2 Å². The van der Waals surface area contributed by atoms with Gasteiger partial charge in [0.25, 0.3) is 0 Å². The maximum absolute atomic E-state index is 6.11. The Balaban J connectivity index is 1.99. The molecule has 3 heteroatoms. The molecule has 1 aromatic rings. The largest absolute Gasteiger partial charge is 0.496 e. The molecule has 2 unspecified atom stereocenters. The first-order chi connectivity index (χ1) is 9.24. The van der Waals surface area contributed by atoms with Gasteiger partial charge in [-0.15, -0.1) is 0 Å². The molecule has 2 rings (SSSR count). The lowest BCUT2D eigenvalue weighted by atomic mass is 9.86. The van der Waals surface area contributed by atoms with E-state index in [1.54, 1.807) is 7.11 Å². The van der Waals surface area contributed by atoms with Crippen molar-refractivity contribution in [3.63, 3.8) is 0 Å². The summed E-state index contributed by atoms with van der Waals surface area (Å²) in [6, 6.07) is 6.21. The lowest BCUT2D eigenvalue weighted by Crippen LogP contribution is -2.33. The summed E-state index contributed by atoms with van der Waals surface area (Å²) >= 11 is 0. The van der Waals surface area contributed by atoms with Crippen molar-refractivity contribution in [3.8, 4) is 5.75 Å². The second-order valence-electron chi connectivity index (χ2n) is 5.44. The Kier molecular flexibility index (Phi) is 5.23. The van der Waals surface area contributed by atoms with Crippen LogP contribution in [0.2, 0.25) is 0 Å². The third kappa shape index (κ3) is 3.71. The predicted octanol–water partition coefficient (Wildman–Crippen LogP) is 3.04. The van der Waals surface area contributed by atoms with Gasteiger partial charge in [0, 0.05) is 5.56 Å². The average Bonchev–Trinajstić information content (AvgIpc) is 2.45. The van der Waals surface area contributed by atoms with E-state index in [1.165, 1.54) is 24.8 Å². The molecule has 0 radical (unpaired) electrons. The Labute approximate surface area is 116 Å². The summed E-state index contributed by atoms with van der Waals surface area (Å²) in [7, 11) is 1.71. The molecule has 1 aliphatic carbocycles. The highest BCUT2D eigenvalue weighted by Crippen LogP contribution is 2.28. The number of methoxy groups -OCH3 is 1. The van der Waals surface area contributed by atoms with E-state index in [2.05, 4.69) is 19.1 Å². The number of benzene rings is 1. The van der Waals surface area contributed by atoms with E-state index in [4.69, 9.17) is 15.2 Å². The molecule has 1 aromatic carbocycles. The van der Waals surface area contributed by atoms with Gasteiger partial charge in [-0.25, -0.2) is 0 Å². The highest BCUT2D eigenvalue weighted by molar-refractivity contribution is 5.36. The molecule has 2 N–H and O–H groups in total. The molecular formula is C16H25NO2. The van der Waals surface area contributed by atoms with Crippen LogP contribution in [-0.4, -0.2) is 19.8 Å². The van der Waals surface area contributed by atoms with Crippen LogP contribution >= 0.6 is 0 Å². The smallest absolute Gasteiger partial charge is 0.124 e. The van der Waals surface area contributed by atoms with Gasteiger partial charge in [0.1, 0.15) is 5.75 Å². The fourth-order valence-corrected chi connectivity index (χ4v) is 2.88. The van der Waals surface area contributed by atoms with Crippen LogP contribution in [0.5, 0.6) is 5.75 Å². The Morgan fingerprint density at radius 3 is 2.79 bits per heavy atom. The molecule has 0 aliphatic heterocycles. The lowest BCUT2D eigenvalue weighted by molar-refractivity contribution is -0.0189. The molecule has 1 aliphatic rings. The third-order valence-electron chi connectivity index (χ3n) is 4.03. The van der Waals surface area contributed by atoms with E-state index in [0.29, 0.717) is 18.6 Å². The zero-order valence-corrected chi connectivity index (χ0v) is 12.0. The molecule has 1 saturated carbocycles. The van der Waals surface area contributed by atoms with Gasteiger partial charge in [-0.05, 0) is 38.3 Å². The minimum Gasteiger partial charge on any atom is -0.496 e. The zero-order chi connectivity index (χ0) is 13.7. The van der Waals surface area contributed by atoms with Crippen LogP contribution in [0.1, 0.15) is 36.8 Å². The quantitative estimate of drug-likeness (QED) is 0.888. The van der Waals surface area contributed by atoms with Crippen molar-refractivity contribution < 1.29 is 9.47 Å². The zero-order valence-electron chi connectivity index (χ0n) is 12.0. The van der Waals surface area contributed by atoms with Crippen molar-refractivity contribution in [2.45, 2.75) is 45.3 Å². The normalized spacial score (nSPS) is 23.3. The Hall–Kier alpha value is -1.06. The van der Waals surface area contributed by atoms with Crippen LogP contribution < -0.4 is 10.5 Å². The van der Waals surface area contributed by atoms with Crippen LogP contribution in [0, 0.1) is 12.8 Å². The SMILES string of the molecule is COc1ccc(C)cc1COC1CCCCC1CN. The van der Waals surface area contributed by atoms with Gasteiger partial charge in [-0.2, -0.15) is 0 Å². The maximum Gasteiger partial charge on any atom is 0.124 e. The predicted molar refractivity (Wildman–Crippen MR) is 77.3 cm³/mol. The number of hydrogen-bond acceptors (Lipinski definition) is 3. The Morgan fingerprint density at radius 2 is 2.05 bits per heavy atom. The van der Waals surface area contributed by atoms with Gasteiger partial charge in [-0.1, -0.05) is 30.5 Å². The second kappa shape index (κ2) is 6.92. The minimum atomic E-state index is 0.309. The molecule has 0 aromatic heterocycles. The first-order valence-electron chi connectivity index (χ1n) is 7.19. The van der Waals surface area contributed by atoms with E-state index in [1.807, 2.05) is 6.07 Å². The molecule has 0 heterocycles. The van der Waals surface area contributed by atoms with Crippen LogP contribution in [0.4, 0.5) is 0 Å². The van der Waals surface area contributed by atoms with Crippen molar-refractivity contribution >= 4 is 0 Å². The molecule has 0 bridgehead atoms. The Morgan fingerprint density at radius 1 is 1.26 bits per heavy atom. The van der Waals surface area contributed by atoms with Crippen LogP contribution in [0.3, 0.4) is 0 Å². The molecule has 0 amide bonds. The molecule has 19 heavy (non-hydrogen) atoms. The fourth-order valence-electron chi connectivity index (χ4n) is 2.88. The topological polar surface area (TPSA) is 44.5 Å². The monoisotopic (exact) mass is 263 g/mol. The molecule has 1 fully saturated rings. The van der Waals surface area contributed by atoms with Gasteiger partial charge >= 0.3 is 0 Å². The number of aryl methyl sites for hydroxylation is 1. The molecule has 2 atom stereocenters. The molecule has 0 spiro atoms. The van der Waals surface area contributed by atoms with Crippen LogP contribution in [0.25, 0.3) is 0 Å². The van der Waals surface area contributed by atoms with Gasteiger partial charge in [0.2, 0.25) is 0 Å². The van der Waals surface area contributed by atoms with E-state index in [-0.39, 0.29) is 0 Å². The first kappa shape index (κ1) is 14.4. The highest BCUT2D eigenvalue weighted by Gasteiger charge is 2.24. The van der Waals surface area contributed by atoms with Crippen molar-refractivity contribution in [2.24, 2.45) is 11.7 Å². The van der Waals surface area contributed by atoms with Gasteiger partial charge < -0.3 is 15.2 Å². The first-order valence-corrected chi connectivity index (χ1v) is 7.19. The van der Waals surface area contributed by atoms with Gasteiger partial charge in [0.15, 0.2) is 0 Å². The van der Waals surface area contributed by atoms with Crippen LogP contribution in [-0.2, 0) is 11.3 Å².